The molecule has 0 aliphatic heterocycles. The predicted octanol–water partition coefficient (Wildman–Crippen LogP) is 4.99. The Balaban J connectivity index is 1.54. The van der Waals surface area contributed by atoms with Gasteiger partial charge in [0.25, 0.3) is 11.7 Å². The van der Waals surface area contributed by atoms with Crippen LogP contribution in [-0.4, -0.2) is 34.7 Å². The average molecular weight is 444 g/mol. The standard InChI is InChI=1S/C22H23F2N5OS/c1-14-7-9-16(10-8-14)28-19-13-15(2)27-22(29-19)26-12-11-25-20(30)17-5-3-4-6-18(17)31-21(23)24/h3-10,13,21H,11-12H2,1-2H3,(H,25,30)(H2,26,27,28,29). The monoisotopic (exact) mass is 443 g/mol. The van der Waals surface area contributed by atoms with Crippen molar-refractivity contribution in [2.75, 3.05) is 23.7 Å². The number of rotatable bonds is 9. The minimum absolute atomic E-state index is 0.226. The summed E-state index contributed by atoms with van der Waals surface area (Å²) in [5.41, 5.74) is 3.10. The molecule has 0 unspecified atom stereocenters. The molecule has 0 fully saturated rings. The molecule has 1 amide bonds. The lowest BCUT2D eigenvalue weighted by Gasteiger charge is -2.12. The first kappa shape index (κ1) is 22.5. The zero-order chi connectivity index (χ0) is 22.2. The van der Waals surface area contributed by atoms with Crippen LogP contribution in [-0.2, 0) is 0 Å². The molecule has 0 radical (unpaired) electrons. The van der Waals surface area contributed by atoms with Crippen LogP contribution in [0.2, 0.25) is 0 Å². The molecule has 31 heavy (non-hydrogen) atoms. The number of thioether (sulfide) groups is 1. The fourth-order valence-corrected chi connectivity index (χ4v) is 3.43. The lowest BCUT2D eigenvalue weighted by Crippen LogP contribution is -2.29. The van der Waals surface area contributed by atoms with Gasteiger partial charge < -0.3 is 16.0 Å². The minimum atomic E-state index is -2.59. The summed E-state index contributed by atoms with van der Waals surface area (Å²) < 4.78 is 25.4. The molecule has 0 saturated carbocycles. The molecular formula is C22H23F2N5OS. The third-order valence-corrected chi connectivity index (χ3v) is 5.01. The number of nitrogens with zero attached hydrogens (tertiary/aromatic N) is 2. The quantitative estimate of drug-likeness (QED) is 0.319. The van der Waals surface area contributed by atoms with E-state index in [0.29, 0.717) is 30.1 Å². The van der Waals surface area contributed by atoms with Crippen molar-refractivity contribution < 1.29 is 13.6 Å². The summed E-state index contributed by atoms with van der Waals surface area (Å²) >= 11 is 0.357. The maximum atomic E-state index is 12.7. The van der Waals surface area contributed by atoms with Crippen LogP contribution in [0.1, 0.15) is 21.6 Å². The summed E-state index contributed by atoms with van der Waals surface area (Å²) in [4.78, 5) is 21.4. The van der Waals surface area contributed by atoms with Gasteiger partial charge in [0.05, 0.1) is 5.56 Å². The highest BCUT2D eigenvalue weighted by Gasteiger charge is 2.14. The molecule has 3 rings (SSSR count). The van der Waals surface area contributed by atoms with Crippen LogP contribution in [0.15, 0.2) is 59.5 Å². The Morgan fingerprint density at radius 1 is 1.03 bits per heavy atom. The van der Waals surface area contributed by atoms with Gasteiger partial charge in [-0.25, -0.2) is 4.98 Å². The molecule has 0 aliphatic rings. The first-order valence-corrected chi connectivity index (χ1v) is 10.5. The number of halogens is 2. The SMILES string of the molecule is Cc1ccc(Nc2cc(C)nc(NCCNC(=O)c3ccccc3SC(F)F)n2)cc1. The van der Waals surface area contributed by atoms with Crippen molar-refractivity contribution in [1.82, 2.24) is 15.3 Å². The van der Waals surface area contributed by atoms with E-state index in [2.05, 4.69) is 25.9 Å². The Morgan fingerprint density at radius 2 is 1.77 bits per heavy atom. The van der Waals surface area contributed by atoms with Gasteiger partial charge in [0, 0.05) is 35.4 Å². The number of nitrogens with one attached hydrogen (secondary N) is 3. The zero-order valence-corrected chi connectivity index (χ0v) is 18.0. The van der Waals surface area contributed by atoms with Crippen molar-refractivity contribution >= 4 is 35.1 Å². The van der Waals surface area contributed by atoms with Gasteiger partial charge in [-0.1, -0.05) is 41.6 Å². The van der Waals surface area contributed by atoms with E-state index in [1.54, 1.807) is 12.1 Å². The fraction of sp³-hybridized carbons (Fsp3) is 0.227. The summed E-state index contributed by atoms with van der Waals surface area (Å²) in [6.45, 7) is 4.55. The van der Waals surface area contributed by atoms with Crippen LogP contribution in [0.4, 0.5) is 26.2 Å². The summed E-state index contributed by atoms with van der Waals surface area (Å²) in [6.07, 6.45) is 0. The van der Waals surface area contributed by atoms with Crippen LogP contribution in [0.5, 0.6) is 0 Å². The fourth-order valence-electron chi connectivity index (χ4n) is 2.79. The molecule has 1 aromatic heterocycles. The Bertz CT molecular complexity index is 1030. The lowest BCUT2D eigenvalue weighted by atomic mass is 10.2. The molecule has 162 valence electrons. The molecule has 0 bridgehead atoms. The van der Waals surface area contributed by atoms with Crippen molar-refractivity contribution in [3.8, 4) is 0 Å². The van der Waals surface area contributed by atoms with Gasteiger partial charge in [-0.05, 0) is 38.1 Å². The second-order valence-electron chi connectivity index (χ2n) is 6.77. The lowest BCUT2D eigenvalue weighted by molar-refractivity contribution is 0.0952. The number of amides is 1. The van der Waals surface area contributed by atoms with Gasteiger partial charge in [-0.2, -0.15) is 13.8 Å². The van der Waals surface area contributed by atoms with Crippen molar-refractivity contribution in [1.29, 1.82) is 0 Å². The number of carbonyl (C=O) groups is 1. The molecule has 3 N–H and O–H groups in total. The number of benzene rings is 2. The van der Waals surface area contributed by atoms with Gasteiger partial charge in [-0.3, -0.25) is 4.79 Å². The number of hydrogen-bond acceptors (Lipinski definition) is 6. The molecule has 3 aromatic rings. The van der Waals surface area contributed by atoms with E-state index in [0.717, 1.165) is 11.4 Å². The first-order chi connectivity index (χ1) is 14.9. The van der Waals surface area contributed by atoms with Crippen molar-refractivity contribution in [3.63, 3.8) is 0 Å². The van der Waals surface area contributed by atoms with E-state index in [-0.39, 0.29) is 17.0 Å². The van der Waals surface area contributed by atoms with E-state index >= 15 is 0 Å². The van der Waals surface area contributed by atoms with E-state index in [4.69, 9.17) is 0 Å². The van der Waals surface area contributed by atoms with Crippen LogP contribution < -0.4 is 16.0 Å². The Hall–Kier alpha value is -3.20. The Morgan fingerprint density at radius 3 is 2.52 bits per heavy atom. The van der Waals surface area contributed by atoms with E-state index in [1.165, 1.54) is 17.7 Å². The number of hydrogen-bond donors (Lipinski definition) is 3. The Labute approximate surface area is 183 Å². The molecule has 6 nitrogen and oxygen atoms in total. The van der Waals surface area contributed by atoms with Gasteiger partial charge in [0.1, 0.15) is 5.82 Å². The molecular weight excluding hydrogens is 420 g/mol. The summed E-state index contributed by atoms with van der Waals surface area (Å²) in [5, 5.41) is 9.04. The van der Waals surface area contributed by atoms with Crippen molar-refractivity contribution in [2.24, 2.45) is 0 Å². The van der Waals surface area contributed by atoms with E-state index in [1.807, 2.05) is 44.2 Å². The van der Waals surface area contributed by atoms with Gasteiger partial charge in [0.15, 0.2) is 0 Å². The topological polar surface area (TPSA) is 78.9 Å². The predicted molar refractivity (Wildman–Crippen MR) is 120 cm³/mol. The molecule has 0 saturated heterocycles. The Kier molecular flexibility index (Phi) is 7.77. The maximum Gasteiger partial charge on any atom is 0.288 e. The van der Waals surface area contributed by atoms with Gasteiger partial charge in [0.2, 0.25) is 5.95 Å². The maximum absolute atomic E-state index is 12.7. The number of aryl methyl sites for hydroxylation is 2. The largest absolute Gasteiger partial charge is 0.352 e. The third-order valence-electron chi connectivity index (χ3n) is 4.22. The molecule has 1 heterocycles. The molecule has 0 aliphatic carbocycles. The van der Waals surface area contributed by atoms with Crippen LogP contribution >= 0.6 is 11.8 Å². The van der Waals surface area contributed by atoms with Crippen LogP contribution in [0.25, 0.3) is 0 Å². The number of alkyl halides is 2. The summed E-state index contributed by atoms with van der Waals surface area (Å²) in [5.74, 6) is -1.91. The molecule has 2 aromatic carbocycles. The van der Waals surface area contributed by atoms with Crippen molar-refractivity contribution in [2.45, 2.75) is 24.5 Å². The number of anilines is 3. The summed E-state index contributed by atoms with van der Waals surface area (Å²) in [6, 6.07) is 16.1. The average Bonchev–Trinajstić information content (AvgIpc) is 2.72. The highest BCUT2D eigenvalue weighted by Crippen LogP contribution is 2.28. The normalized spacial score (nSPS) is 10.7. The number of aromatic nitrogens is 2. The highest BCUT2D eigenvalue weighted by molar-refractivity contribution is 7.99. The van der Waals surface area contributed by atoms with E-state index < -0.39 is 11.7 Å². The third kappa shape index (κ3) is 6.92. The van der Waals surface area contributed by atoms with Crippen LogP contribution in [0.3, 0.4) is 0 Å². The minimum Gasteiger partial charge on any atom is -0.352 e. The van der Waals surface area contributed by atoms with Crippen molar-refractivity contribution in [3.05, 3.63) is 71.4 Å². The molecule has 9 heteroatoms. The van der Waals surface area contributed by atoms with Gasteiger partial charge in [-0.15, -0.1) is 0 Å². The second-order valence-corrected chi connectivity index (χ2v) is 7.80. The smallest absolute Gasteiger partial charge is 0.288 e. The van der Waals surface area contributed by atoms with E-state index in [9.17, 15) is 13.6 Å². The molecule has 0 spiro atoms. The first-order valence-electron chi connectivity index (χ1n) is 9.66. The second kappa shape index (κ2) is 10.7. The molecule has 0 atom stereocenters. The van der Waals surface area contributed by atoms with Crippen LogP contribution in [0, 0.1) is 13.8 Å². The van der Waals surface area contributed by atoms with Gasteiger partial charge >= 0.3 is 0 Å². The zero-order valence-electron chi connectivity index (χ0n) is 17.2. The highest BCUT2D eigenvalue weighted by atomic mass is 32.2. The summed E-state index contributed by atoms with van der Waals surface area (Å²) in [7, 11) is 0. The number of carbonyl (C=O) groups excluding carboxylic acids is 1.